The molecular weight excluding hydrogens is 118 g/mol. The predicted octanol–water partition coefficient (Wildman–Crippen LogP) is -0.255. The van der Waals surface area contributed by atoms with E-state index < -0.39 is 6.03 Å². The van der Waals surface area contributed by atoms with Gasteiger partial charge in [0.2, 0.25) is 0 Å². The van der Waals surface area contributed by atoms with E-state index in [1.807, 2.05) is 6.92 Å². The molecule has 0 unspecified atom stereocenters. The van der Waals surface area contributed by atoms with Crippen molar-refractivity contribution in [1.29, 1.82) is 0 Å². The number of primary amides is 1. The standard InChI is InChI=1S/C5H11N3O/c1-4(7-2)3-8-5(6)9/h3H2,1-2H3,(H3,6,8,9). The quantitative estimate of drug-likeness (QED) is 0.496. The van der Waals surface area contributed by atoms with Crippen molar-refractivity contribution in [3.05, 3.63) is 0 Å². The maximum absolute atomic E-state index is 10.1. The monoisotopic (exact) mass is 129 g/mol. The number of hydrogen-bond donors (Lipinski definition) is 2. The molecule has 0 saturated heterocycles. The summed E-state index contributed by atoms with van der Waals surface area (Å²) in [5.74, 6) is 0. The van der Waals surface area contributed by atoms with Crippen LogP contribution in [-0.4, -0.2) is 25.3 Å². The highest BCUT2D eigenvalue weighted by Gasteiger charge is 1.90. The first-order valence-corrected chi connectivity index (χ1v) is 2.62. The Kier molecular flexibility index (Phi) is 3.43. The van der Waals surface area contributed by atoms with Crippen LogP contribution in [0.5, 0.6) is 0 Å². The van der Waals surface area contributed by atoms with E-state index in [2.05, 4.69) is 10.3 Å². The minimum Gasteiger partial charge on any atom is -0.352 e. The third-order valence-electron chi connectivity index (χ3n) is 0.900. The molecule has 0 spiro atoms. The normalized spacial score (nSPS) is 11.1. The second-order valence-electron chi connectivity index (χ2n) is 1.68. The number of aliphatic imine (C=N–C) groups is 1. The fourth-order valence-corrected chi connectivity index (χ4v) is 0.294. The molecule has 0 aliphatic carbocycles. The molecule has 0 fully saturated rings. The van der Waals surface area contributed by atoms with Crippen molar-refractivity contribution in [2.24, 2.45) is 10.7 Å². The number of rotatable bonds is 2. The number of carbonyl (C=O) groups excluding carboxylic acids is 1. The Balaban J connectivity index is 3.39. The Labute approximate surface area is 54.1 Å². The molecule has 9 heavy (non-hydrogen) atoms. The zero-order chi connectivity index (χ0) is 7.28. The summed E-state index contributed by atoms with van der Waals surface area (Å²) in [6.45, 7) is 2.25. The molecule has 0 aliphatic heterocycles. The van der Waals surface area contributed by atoms with E-state index in [-0.39, 0.29) is 0 Å². The molecule has 0 aromatic heterocycles. The lowest BCUT2D eigenvalue weighted by atomic mass is 10.4. The van der Waals surface area contributed by atoms with Crippen LogP contribution < -0.4 is 11.1 Å². The van der Waals surface area contributed by atoms with Gasteiger partial charge in [0.15, 0.2) is 0 Å². The highest BCUT2D eigenvalue weighted by molar-refractivity contribution is 5.87. The van der Waals surface area contributed by atoms with Gasteiger partial charge in [0.05, 0.1) is 6.54 Å². The number of urea groups is 1. The van der Waals surface area contributed by atoms with Crippen LogP contribution >= 0.6 is 0 Å². The highest BCUT2D eigenvalue weighted by atomic mass is 16.2. The van der Waals surface area contributed by atoms with E-state index in [1.165, 1.54) is 0 Å². The van der Waals surface area contributed by atoms with Crippen LogP contribution in [0.4, 0.5) is 4.79 Å². The first-order chi connectivity index (χ1) is 4.16. The number of nitrogens with one attached hydrogen (secondary N) is 1. The first-order valence-electron chi connectivity index (χ1n) is 2.62. The van der Waals surface area contributed by atoms with Gasteiger partial charge in [0.1, 0.15) is 0 Å². The van der Waals surface area contributed by atoms with Gasteiger partial charge in [-0.15, -0.1) is 0 Å². The molecule has 0 radical (unpaired) electrons. The van der Waals surface area contributed by atoms with E-state index in [0.717, 1.165) is 5.71 Å². The second kappa shape index (κ2) is 3.88. The van der Waals surface area contributed by atoms with Crippen LogP contribution in [0, 0.1) is 0 Å². The van der Waals surface area contributed by atoms with Crippen molar-refractivity contribution in [3.8, 4) is 0 Å². The minimum absolute atomic E-state index is 0.436. The zero-order valence-corrected chi connectivity index (χ0v) is 5.64. The SMILES string of the molecule is CN=C(C)CNC(N)=O. The Morgan fingerprint density at radius 1 is 1.78 bits per heavy atom. The van der Waals surface area contributed by atoms with Crippen LogP contribution in [0.2, 0.25) is 0 Å². The van der Waals surface area contributed by atoms with Crippen molar-refractivity contribution in [1.82, 2.24) is 5.32 Å². The number of nitrogens with two attached hydrogens (primary N) is 1. The lowest BCUT2D eigenvalue weighted by molar-refractivity contribution is 0.250. The number of nitrogens with zero attached hydrogens (tertiary/aromatic N) is 1. The molecule has 0 saturated carbocycles. The summed E-state index contributed by atoms with van der Waals surface area (Å²) in [4.78, 5) is 13.9. The van der Waals surface area contributed by atoms with Gasteiger partial charge in [-0.1, -0.05) is 0 Å². The fourth-order valence-electron chi connectivity index (χ4n) is 0.294. The third-order valence-corrected chi connectivity index (χ3v) is 0.900. The summed E-state index contributed by atoms with van der Waals surface area (Å²) in [5.41, 5.74) is 5.65. The molecule has 0 rings (SSSR count). The summed E-state index contributed by atoms with van der Waals surface area (Å²) in [7, 11) is 1.66. The van der Waals surface area contributed by atoms with Crippen molar-refractivity contribution in [2.45, 2.75) is 6.92 Å². The lowest BCUT2D eigenvalue weighted by Crippen LogP contribution is -2.32. The number of carbonyl (C=O) groups is 1. The van der Waals surface area contributed by atoms with Crippen molar-refractivity contribution in [2.75, 3.05) is 13.6 Å². The molecule has 0 aromatic rings. The first kappa shape index (κ1) is 7.94. The van der Waals surface area contributed by atoms with Crippen molar-refractivity contribution in [3.63, 3.8) is 0 Å². The molecule has 0 bridgehead atoms. The van der Waals surface area contributed by atoms with Gasteiger partial charge in [-0.3, -0.25) is 4.99 Å². The maximum atomic E-state index is 10.1. The average molecular weight is 129 g/mol. The molecule has 3 N–H and O–H groups in total. The Bertz CT molecular complexity index is 130. The molecular formula is C5H11N3O. The van der Waals surface area contributed by atoms with Crippen LogP contribution in [0.3, 0.4) is 0 Å². The Morgan fingerprint density at radius 3 is 2.67 bits per heavy atom. The summed E-state index contributed by atoms with van der Waals surface area (Å²) >= 11 is 0. The smallest absolute Gasteiger partial charge is 0.312 e. The molecule has 2 amide bonds. The Morgan fingerprint density at radius 2 is 2.33 bits per heavy atom. The summed E-state index contributed by atoms with van der Waals surface area (Å²) < 4.78 is 0. The molecule has 4 heteroatoms. The lowest BCUT2D eigenvalue weighted by Gasteiger charge is -1.97. The van der Waals surface area contributed by atoms with Crippen LogP contribution in [0.15, 0.2) is 4.99 Å². The van der Waals surface area contributed by atoms with Crippen LogP contribution in [-0.2, 0) is 0 Å². The topological polar surface area (TPSA) is 67.5 Å². The maximum Gasteiger partial charge on any atom is 0.312 e. The Hall–Kier alpha value is -1.06. The summed E-state index contributed by atoms with van der Waals surface area (Å²) in [6.07, 6.45) is 0. The molecule has 52 valence electrons. The van der Waals surface area contributed by atoms with E-state index in [0.29, 0.717) is 6.54 Å². The largest absolute Gasteiger partial charge is 0.352 e. The van der Waals surface area contributed by atoms with E-state index in [4.69, 9.17) is 5.73 Å². The van der Waals surface area contributed by atoms with Crippen molar-refractivity contribution >= 4 is 11.7 Å². The molecule has 0 heterocycles. The molecule has 0 aromatic carbocycles. The predicted molar refractivity (Wildman–Crippen MR) is 36.6 cm³/mol. The molecule has 0 atom stereocenters. The van der Waals surface area contributed by atoms with Gasteiger partial charge >= 0.3 is 6.03 Å². The minimum atomic E-state index is -0.516. The van der Waals surface area contributed by atoms with Gasteiger partial charge in [-0.05, 0) is 6.92 Å². The van der Waals surface area contributed by atoms with E-state index in [9.17, 15) is 4.79 Å². The van der Waals surface area contributed by atoms with Crippen molar-refractivity contribution < 1.29 is 4.79 Å². The number of hydrogen-bond acceptors (Lipinski definition) is 2. The van der Waals surface area contributed by atoms with Crippen LogP contribution in [0.25, 0.3) is 0 Å². The van der Waals surface area contributed by atoms with Gasteiger partial charge in [0.25, 0.3) is 0 Å². The van der Waals surface area contributed by atoms with E-state index >= 15 is 0 Å². The zero-order valence-electron chi connectivity index (χ0n) is 5.64. The van der Waals surface area contributed by atoms with Gasteiger partial charge in [0, 0.05) is 12.8 Å². The summed E-state index contributed by atoms with van der Waals surface area (Å²) in [6, 6.07) is -0.516. The fraction of sp³-hybridized carbons (Fsp3) is 0.600. The highest BCUT2D eigenvalue weighted by Crippen LogP contribution is 1.69. The average Bonchev–Trinajstić information content (AvgIpc) is 1.83. The molecule has 4 nitrogen and oxygen atoms in total. The van der Waals surface area contributed by atoms with Gasteiger partial charge in [-0.2, -0.15) is 0 Å². The van der Waals surface area contributed by atoms with Crippen LogP contribution in [0.1, 0.15) is 6.92 Å². The third kappa shape index (κ3) is 4.80. The number of amides is 2. The van der Waals surface area contributed by atoms with Gasteiger partial charge < -0.3 is 11.1 Å². The summed E-state index contributed by atoms with van der Waals surface area (Å²) in [5, 5.41) is 2.40. The van der Waals surface area contributed by atoms with E-state index in [1.54, 1.807) is 7.05 Å². The second-order valence-corrected chi connectivity index (χ2v) is 1.68. The molecule has 0 aliphatic rings. The van der Waals surface area contributed by atoms with Gasteiger partial charge in [-0.25, -0.2) is 4.79 Å².